The first-order valence-corrected chi connectivity index (χ1v) is 5.69. The Morgan fingerprint density at radius 1 is 1.39 bits per heavy atom. The molecule has 0 aliphatic carbocycles. The number of H-pyrrole nitrogens is 1. The monoisotopic (exact) mass is 262 g/mol. The average molecular weight is 263 g/mol. The van der Waals surface area contributed by atoms with Crippen molar-refractivity contribution < 1.29 is 4.79 Å². The molecule has 1 aromatic heterocycles. The van der Waals surface area contributed by atoms with Crippen LogP contribution in [0.1, 0.15) is 10.4 Å². The molecule has 1 amide bonds. The summed E-state index contributed by atoms with van der Waals surface area (Å²) in [5.41, 5.74) is 0.453. The summed E-state index contributed by atoms with van der Waals surface area (Å²) >= 11 is 5.55. The number of aromatic amines is 1. The zero-order valence-corrected chi connectivity index (χ0v) is 10.3. The van der Waals surface area contributed by atoms with Crippen molar-refractivity contribution in [2.24, 2.45) is 0 Å². The van der Waals surface area contributed by atoms with E-state index in [4.69, 9.17) is 11.6 Å². The van der Waals surface area contributed by atoms with Crippen molar-refractivity contribution in [1.82, 2.24) is 10.3 Å². The Morgan fingerprint density at radius 3 is 2.83 bits per heavy atom. The van der Waals surface area contributed by atoms with Gasteiger partial charge in [0.15, 0.2) is 0 Å². The highest BCUT2D eigenvalue weighted by Gasteiger charge is 2.12. The van der Waals surface area contributed by atoms with Gasteiger partial charge in [-0.15, -0.1) is 0 Å². The number of aromatic nitrogens is 1. The van der Waals surface area contributed by atoms with Crippen LogP contribution in [0, 0.1) is 0 Å². The van der Waals surface area contributed by atoms with Gasteiger partial charge in [0.2, 0.25) is 5.43 Å². The van der Waals surface area contributed by atoms with Crippen LogP contribution in [0.5, 0.6) is 0 Å². The lowest BCUT2D eigenvalue weighted by molar-refractivity contribution is 0.0956. The third-order valence-electron chi connectivity index (χ3n) is 2.47. The van der Waals surface area contributed by atoms with Gasteiger partial charge in [0.1, 0.15) is 5.56 Å². The van der Waals surface area contributed by atoms with Crippen molar-refractivity contribution in [3.8, 4) is 0 Å². The second-order valence-corrected chi connectivity index (χ2v) is 4.31. The van der Waals surface area contributed by atoms with E-state index in [2.05, 4.69) is 16.9 Å². The molecule has 0 atom stereocenters. The van der Waals surface area contributed by atoms with E-state index >= 15 is 0 Å². The molecular formula is C13H11ClN2O2. The van der Waals surface area contributed by atoms with Gasteiger partial charge in [0, 0.05) is 22.1 Å². The van der Waals surface area contributed by atoms with Crippen LogP contribution in [0.4, 0.5) is 0 Å². The van der Waals surface area contributed by atoms with Crippen LogP contribution >= 0.6 is 11.6 Å². The fraction of sp³-hybridized carbons (Fsp3) is 0.0769. The molecule has 1 aromatic carbocycles. The van der Waals surface area contributed by atoms with E-state index in [1.54, 1.807) is 18.2 Å². The fourth-order valence-corrected chi connectivity index (χ4v) is 1.67. The first-order valence-electron chi connectivity index (χ1n) is 5.31. The first kappa shape index (κ1) is 12.4. The van der Waals surface area contributed by atoms with Gasteiger partial charge in [-0.1, -0.05) is 30.3 Å². The van der Waals surface area contributed by atoms with Crippen molar-refractivity contribution >= 4 is 28.4 Å². The summed E-state index contributed by atoms with van der Waals surface area (Å²) in [6.07, 6.45) is 1.40. The van der Waals surface area contributed by atoms with Crippen LogP contribution in [0.15, 0.2) is 46.9 Å². The maximum atomic E-state index is 12.1. The topological polar surface area (TPSA) is 62.0 Å². The molecule has 18 heavy (non-hydrogen) atoms. The number of para-hydroxylation sites is 1. The Hall–Kier alpha value is -2.07. The van der Waals surface area contributed by atoms with Crippen molar-refractivity contribution in [3.63, 3.8) is 0 Å². The molecule has 1 heterocycles. The molecule has 0 spiro atoms. The normalized spacial score (nSPS) is 10.3. The minimum Gasteiger partial charge on any atom is -0.360 e. The predicted octanol–water partition coefficient (Wildman–Crippen LogP) is 2.01. The van der Waals surface area contributed by atoms with Crippen LogP contribution in [-0.4, -0.2) is 17.4 Å². The molecule has 2 rings (SSSR count). The lowest BCUT2D eigenvalue weighted by Gasteiger charge is -2.04. The number of pyridine rings is 1. The second-order valence-electron chi connectivity index (χ2n) is 3.78. The molecule has 0 radical (unpaired) electrons. The molecule has 4 nitrogen and oxygen atoms in total. The van der Waals surface area contributed by atoms with Gasteiger partial charge in [0.05, 0.1) is 6.54 Å². The molecule has 0 saturated heterocycles. The van der Waals surface area contributed by atoms with E-state index in [1.807, 2.05) is 6.07 Å². The van der Waals surface area contributed by atoms with Crippen LogP contribution in [-0.2, 0) is 0 Å². The highest BCUT2D eigenvalue weighted by atomic mass is 35.5. The van der Waals surface area contributed by atoms with E-state index in [-0.39, 0.29) is 17.5 Å². The third-order valence-corrected chi connectivity index (χ3v) is 2.61. The van der Waals surface area contributed by atoms with E-state index in [9.17, 15) is 9.59 Å². The lowest BCUT2D eigenvalue weighted by atomic mass is 10.1. The molecular weight excluding hydrogens is 252 g/mol. The van der Waals surface area contributed by atoms with Crippen molar-refractivity contribution in [3.05, 3.63) is 57.9 Å². The van der Waals surface area contributed by atoms with Crippen molar-refractivity contribution in [2.75, 3.05) is 6.54 Å². The summed E-state index contributed by atoms with van der Waals surface area (Å²) in [6.45, 7) is 3.59. The van der Waals surface area contributed by atoms with Gasteiger partial charge >= 0.3 is 0 Å². The maximum Gasteiger partial charge on any atom is 0.257 e. The number of carbonyl (C=O) groups is 1. The van der Waals surface area contributed by atoms with Crippen LogP contribution in [0.2, 0.25) is 0 Å². The second kappa shape index (κ2) is 5.06. The molecule has 0 fully saturated rings. The number of rotatable bonds is 3. The highest BCUT2D eigenvalue weighted by molar-refractivity contribution is 6.29. The number of nitrogens with one attached hydrogen (secondary N) is 2. The van der Waals surface area contributed by atoms with Crippen LogP contribution < -0.4 is 10.7 Å². The van der Waals surface area contributed by atoms with Crippen LogP contribution in [0.3, 0.4) is 0 Å². The summed E-state index contributed by atoms with van der Waals surface area (Å²) < 4.78 is 0. The van der Waals surface area contributed by atoms with Crippen molar-refractivity contribution in [1.29, 1.82) is 0 Å². The maximum absolute atomic E-state index is 12.1. The van der Waals surface area contributed by atoms with Gasteiger partial charge in [-0.05, 0) is 12.1 Å². The van der Waals surface area contributed by atoms with Gasteiger partial charge in [-0.3, -0.25) is 9.59 Å². The summed E-state index contributed by atoms with van der Waals surface area (Å²) in [6, 6.07) is 7.01. The minimum atomic E-state index is -0.469. The summed E-state index contributed by atoms with van der Waals surface area (Å²) in [5, 5.41) is 3.30. The average Bonchev–Trinajstić information content (AvgIpc) is 2.37. The van der Waals surface area contributed by atoms with Gasteiger partial charge < -0.3 is 10.3 Å². The Labute approximate surface area is 108 Å². The standard InChI is InChI=1S/C13H11ClN2O2/c1-8(14)6-16-13(18)10-7-15-11-5-3-2-4-9(11)12(10)17/h2-5,7H,1,6H2,(H,15,17)(H,16,18). The smallest absolute Gasteiger partial charge is 0.257 e. The van der Waals surface area contributed by atoms with E-state index < -0.39 is 5.91 Å². The Bertz CT molecular complexity index is 676. The number of benzene rings is 1. The molecule has 0 unspecified atom stereocenters. The molecule has 2 aromatic rings. The number of fused-ring (bicyclic) bond motifs is 1. The molecule has 92 valence electrons. The zero-order chi connectivity index (χ0) is 13.1. The quantitative estimate of drug-likeness (QED) is 0.889. The third kappa shape index (κ3) is 2.43. The predicted molar refractivity (Wildman–Crippen MR) is 71.9 cm³/mol. The van der Waals surface area contributed by atoms with Gasteiger partial charge in [-0.2, -0.15) is 0 Å². The van der Waals surface area contributed by atoms with Crippen LogP contribution in [0.25, 0.3) is 10.9 Å². The molecule has 0 aliphatic heterocycles. The lowest BCUT2D eigenvalue weighted by Crippen LogP contribution is -2.29. The zero-order valence-electron chi connectivity index (χ0n) is 9.50. The van der Waals surface area contributed by atoms with Gasteiger partial charge in [0.25, 0.3) is 5.91 Å². The summed E-state index contributed by atoms with van der Waals surface area (Å²) in [4.78, 5) is 26.8. The number of amides is 1. The highest BCUT2D eigenvalue weighted by Crippen LogP contribution is 2.07. The number of carbonyl (C=O) groups excluding carboxylic acids is 1. The van der Waals surface area contributed by atoms with E-state index in [0.29, 0.717) is 15.9 Å². The molecule has 0 aliphatic rings. The fourth-order valence-electron chi connectivity index (χ4n) is 1.61. The number of halogens is 1. The number of hydrogen-bond acceptors (Lipinski definition) is 2. The first-order chi connectivity index (χ1) is 8.59. The van der Waals surface area contributed by atoms with E-state index in [1.165, 1.54) is 6.20 Å². The van der Waals surface area contributed by atoms with Gasteiger partial charge in [-0.25, -0.2) is 0 Å². The largest absolute Gasteiger partial charge is 0.360 e. The Balaban J connectivity index is 2.40. The molecule has 2 N–H and O–H groups in total. The Morgan fingerprint density at radius 2 is 2.11 bits per heavy atom. The summed E-state index contributed by atoms with van der Waals surface area (Å²) in [7, 11) is 0. The molecule has 5 heteroatoms. The van der Waals surface area contributed by atoms with Crippen molar-refractivity contribution in [2.45, 2.75) is 0 Å². The SMILES string of the molecule is C=C(Cl)CNC(=O)c1c[nH]c2ccccc2c1=O. The van der Waals surface area contributed by atoms with E-state index in [0.717, 1.165) is 0 Å². The molecule has 0 bridgehead atoms. The number of hydrogen-bond donors (Lipinski definition) is 2. The molecule has 0 saturated carbocycles. The Kier molecular flexibility index (Phi) is 3.48. The minimum absolute atomic E-state index is 0.0617. The summed E-state index contributed by atoms with van der Waals surface area (Å²) in [5.74, 6) is -0.469.